The van der Waals surface area contributed by atoms with Gasteiger partial charge in [-0.2, -0.15) is 0 Å². The van der Waals surface area contributed by atoms with Crippen LogP contribution in [0.15, 0.2) is 30.3 Å². The number of aliphatic hydroxyl groups excluding tert-OH is 1. The van der Waals surface area contributed by atoms with Crippen LogP contribution in [0.25, 0.3) is 0 Å². The lowest BCUT2D eigenvalue weighted by Gasteiger charge is -2.08. The summed E-state index contributed by atoms with van der Waals surface area (Å²) in [6.45, 7) is 2.08. The summed E-state index contributed by atoms with van der Waals surface area (Å²) in [4.78, 5) is 11.7. The van der Waals surface area contributed by atoms with E-state index in [0.717, 1.165) is 19.3 Å². The van der Waals surface area contributed by atoms with Crippen LogP contribution in [-0.2, 0) is 0 Å². The smallest absolute Gasteiger partial charge is 0.165 e. The first-order chi connectivity index (χ1) is 7.24. The topological polar surface area (TPSA) is 37.3 Å². The molecular weight excluding hydrogens is 188 g/mol. The highest BCUT2D eigenvalue weighted by Gasteiger charge is 2.11. The summed E-state index contributed by atoms with van der Waals surface area (Å²) in [6.07, 6.45) is 2.50. The van der Waals surface area contributed by atoms with Crippen LogP contribution in [0.1, 0.15) is 43.0 Å². The lowest BCUT2D eigenvalue weighted by Crippen LogP contribution is -2.13. The highest BCUT2D eigenvalue weighted by atomic mass is 16.3. The summed E-state index contributed by atoms with van der Waals surface area (Å²) in [5.41, 5.74) is 0.688. The molecule has 0 aliphatic rings. The molecule has 2 heteroatoms. The number of carbonyl (C=O) groups is 1. The van der Waals surface area contributed by atoms with Crippen molar-refractivity contribution in [3.8, 4) is 0 Å². The van der Waals surface area contributed by atoms with Gasteiger partial charge in [0.25, 0.3) is 0 Å². The highest BCUT2D eigenvalue weighted by molar-refractivity contribution is 5.96. The Hall–Kier alpha value is -1.15. The molecule has 1 atom stereocenters. The molecule has 0 spiro atoms. The van der Waals surface area contributed by atoms with E-state index >= 15 is 0 Å². The quantitative estimate of drug-likeness (QED) is 0.727. The van der Waals surface area contributed by atoms with E-state index in [9.17, 15) is 9.90 Å². The highest BCUT2D eigenvalue weighted by Crippen LogP contribution is 2.09. The Kier molecular flexibility index (Phi) is 5.05. The van der Waals surface area contributed by atoms with Crippen molar-refractivity contribution < 1.29 is 9.90 Å². The van der Waals surface area contributed by atoms with Crippen LogP contribution in [-0.4, -0.2) is 17.0 Å². The van der Waals surface area contributed by atoms with Gasteiger partial charge in [0.05, 0.1) is 6.10 Å². The number of Topliss-reactive ketones (excluding diaryl/α,β-unsaturated/α-hetero) is 1. The third kappa shape index (κ3) is 4.26. The minimum Gasteiger partial charge on any atom is -0.393 e. The Morgan fingerprint density at radius 1 is 1.33 bits per heavy atom. The number of hydrogen-bond acceptors (Lipinski definition) is 2. The van der Waals surface area contributed by atoms with Crippen molar-refractivity contribution in [1.29, 1.82) is 0 Å². The maximum Gasteiger partial charge on any atom is 0.165 e. The van der Waals surface area contributed by atoms with Crippen molar-refractivity contribution >= 4 is 5.78 Å². The van der Waals surface area contributed by atoms with Crippen molar-refractivity contribution in [2.24, 2.45) is 0 Å². The van der Waals surface area contributed by atoms with E-state index < -0.39 is 6.10 Å². The zero-order valence-electron chi connectivity index (χ0n) is 9.15. The summed E-state index contributed by atoms with van der Waals surface area (Å²) in [5, 5.41) is 9.59. The predicted molar refractivity (Wildman–Crippen MR) is 60.9 cm³/mol. The molecule has 1 N–H and O–H groups in total. The van der Waals surface area contributed by atoms with Crippen molar-refractivity contribution in [2.75, 3.05) is 0 Å². The first kappa shape index (κ1) is 11.9. The van der Waals surface area contributed by atoms with E-state index in [1.54, 1.807) is 12.1 Å². The second kappa shape index (κ2) is 6.36. The largest absolute Gasteiger partial charge is 0.393 e. The van der Waals surface area contributed by atoms with Crippen LogP contribution in [0.5, 0.6) is 0 Å². The van der Waals surface area contributed by atoms with E-state index in [-0.39, 0.29) is 12.2 Å². The number of carbonyl (C=O) groups excluding carboxylic acids is 1. The van der Waals surface area contributed by atoms with Crippen molar-refractivity contribution in [2.45, 2.75) is 38.7 Å². The Morgan fingerprint density at radius 2 is 2.00 bits per heavy atom. The van der Waals surface area contributed by atoms with Gasteiger partial charge in [-0.3, -0.25) is 4.79 Å². The molecule has 0 amide bonds. The minimum absolute atomic E-state index is 0.0270. The number of unbranched alkanes of at least 4 members (excludes halogenated alkanes) is 1. The number of hydrogen-bond donors (Lipinski definition) is 1. The standard InChI is InChI=1S/C13H18O2/c1-2-3-9-12(14)10-13(15)11-7-5-4-6-8-11/h4-8,12,14H,2-3,9-10H2,1H3. The number of benzene rings is 1. The van der Waals surface area contributed by atoms with Gasteiger partial charge in [0.1, 0.15) is 0 Å². The van der Waals surface area contributed by atoms with Gasteiger partial charge >= 0.3 is 0 Å². The molecule has 0 saturated heterocycles. The molecule has 1 rings (SSSR count). The Bertz CT molecular complexity index is 293. The van der Waals surface area contributed by atoms with E-state index in [2.05, 4.69) is 6.92 Å². The van der Waals surface area contributed by atoms with Crippen molar-refractivity contribution in [1.82, 2.24) is 0 Å². The van der Waals surface area contributed by atoms with Crippen molar-refractivity contribution in [3.63, 3.8) is 0 Å². The minimum atomic E-state index is -0.488. The molecule has 82 valence electrons. The Balaban J connectivity index is 2.42. The maximum atomic E-state index is 11.7. The summed E-state index contributed by atoms with van der Waals surface area (Å²) < 4.78 is 0. The molecule has 1 aromatic rings. The average Bonchev–Trinajstić information content (AvgIpc) is 2.27. The predicted octanol–water partition coefficient (Wildman–Crippen LogP) is 2.81. The number of aliphatic hydroxyl groups is 1. The maximum absolute atomic E-state index is 11.7. The van der Waals surface area contributed by atoms with E-state index in [1.807, 2.05) is 18.2 Å². The molecule has 0 aliphatic heterocycles. The van der Waals surface area contributed by atoms with Gasteiger partial charge in [0.15, 0.2) is 5.78 Å². The van der Waals surface area contributed by atoms with Crippen LogP contribution in [0.2, 0.25) is 0 Å². The van der Waals surface area contributed by atoms with Crippen LogP contribution >= 0.6 is 0 Å². The zero-order valence-corrected chi connectivity index (χ0v) is 9.15. The van der Waals surface area contributed by atoms with Gasteiger partial charge in [0, 0.05) is 12.0 Å². The fourth-order valence-electron chi connectivity index (χ4n) is 1.50. The second-order valence-electron chi connectivity index (χ2n) is 3.79. The van der Waals surface area contributed by atoms with Gasteiger partial charge in [-0.15, -0.1) is 0 Å². The van der Waals surface area contributed by atoms with Crippen LogP contribution < -0.4 is 0 Å². The van der Waals surface area contributed by atoms with Gasteiger partial charge in [0.2, 0.25) is 0 Å². The normalized spacial score (nSPS) is 12.4. The van der Waals surface area contributed by atoms with E-state index in [0.29, 0.717) is 5.56 Å². The van der Waals surface area contributed by atoms with Crippen LogP contribution in [0.3, 0.4) is 0 Å². The van der Waals surface area contributed by atoms with Gasteiger partial charge < -0.3 is 5.11 Å². The molecule has 15 heavy (non-hydrogen) atoms. The van der Waals surface area contributed by atoms with Gasteiger partial charge in [-0.1, -0.05) is 50.1 Å². The lowest BCUT2D eigenvalue weighted by molar-refractivity contribution is 0.0865. The van der Waals surface area contributed by atoms with Crippen LogP contribution in [0, 0.1) is 0 Å². The number of ketones is 1. The molecule has 1 aromatic carbocycles. The van der Waals surface area contributed by atoms with E-state index in [4.69, 9.17) is 0 Å². The Labute approximate surface area is 90.9 Å². The fourth-order valence-corrected chi connectivity index (χ4v) is 1.50. The molecule has 0 aliphatic carbocycles. The molecule has 2 nitrogen and oxygen atoms in total. The van der Waals surface area contributed by atoms with Crippen LogP contribution in [0.4, 0.5) is 0 Å². The molecule has 0 fully saturated rings. The molecule has 0 aromatic heterocycles. The summed E-state index contributed by atoms with van der Waals surface area (Å²) in [7, 11) is 0. The number of rotatable bonds is 6. The summed E-state index contributed by atoms with van der Waals surface area (Å²) in [6, 6.07) is 9.13. The Morgan fingerprint density at radius 3 is 2.60 bits per heavy atom. The second-order valence-corrected chi connectivity index (χ2v) is 3.79. The first-order valence-corrected chi connectivity index (χ1v) is 5.50. The molecule has 0 saturated carbocycles. The summed E-state index contributed by atoms with van der Waals surface area (Å²) in [5.74, 6) is 0.0270. The lowest BCUT2D eigenvalue weighted by atomic mass is 10.0. The van der Waals surface area contributed by atoms with Gasteiger partial charge in [-0.25, -0.2) is 0 Å². The summed E-state index contributed by atoms with van der Waals surface area (Å²) >= 11 is 0. The third-order valence-electron chi connectivity index (χ3n) is 2.41. The average molecular weight is 206 g/mol. The molecule has 0 bridgehead atoms. The van der Waals surface area contributed by atoms with Crippen molar-refractivity contribution in [3.05, 3.63) is 35.9 Å². The fraction of sp³-hybridized carbons (Fsp3) is 0.462. The first-order valence-electron chi connectivity index (χ1n) is 5.50. The zero-order chi connectivity index (χ0) is 11.1. The third-order valence-corrected chi connectivity index (χ3v) is 2.41. The van der Waals surface area contributed by atoms with E-state index in [1.165, 1.54) is 0 Å². The molecule has 1 unspecified atom stereocenters. The molecule has 0 radical (unpaired) electrons. The molecular formula is C13H18O2. The van der Waals surface area contributed by atoms with Gasteiger partial charge in [-0.05, 0) is 6.42 Å². The SMILES string of the molecule is CCCCC(O)CC(=O)c1ccccc1. The molecule has 0 heterocycles. The monoisotopic (exact) mass is 206 g/mol.